The third-order valence-electron chi connectivity index (χ3n) is 3.58. The summed E-state index contributed by atoms with van der Waals surface area (Å²) in [5.41, 5.74) is 7.10. The topological polar surface area (TPSA) is 77.0 Å². The van der Waals surface area contributed by atoms with E-state index in [4.69, 9.17) is 5.73 Å². The number of hydrogen-bond acceptors (Lipinski definition) is 5. The lowest BCUT2D eigenvalue weighted by atomic mass is 9.99. The number of piperidine rings is 1. The fourth-order valence-electron chi connectivity index (χ4n) is 2.61. The number of nitrogens with two attached hydrogens (primary N) is 1. The Morgan fingerprint density at radius 3 is 3.00 bits per heavy atom. The Labute approximate surface area is 121 Å². The monoisotopic (exact) mass is 291 g/mol. The van der Waals surface area contributed by atoms with Gasteiger partial charge in [0.15, 0.2) is 5.13 Å². The fraction of sp³-hybridized carbons (Fsp3) is 0.462. The number of rotatable bonds is 2. The van der Waals surface area contributed by atoms with Gasteiger partial charge in [-0.2, -0.15) is 5.10 Å². The lowest BCUT2D eigenvalue weighted by Crippen LogP contribution is -2.38. The van der Waals surface area contributed by atoms with E-state index < -0.39 is 0 Å². The average Bonchev–Trinajstić information content (AvgIpc) is 3.07. The van der Waals surface area contributed by atoms with Gasteiger partial charge in [0.2, 0.25) is 0 Å². The van der Waals surface area contributed by atoms with E-state index in [0.29, 0.717) is 10.8 Å². The van der Waals surface area contributed by atoms with Crippen molar-refractivity contribution >= 4 is 22.4 Å². The minimum Gasteiger partial charge on any atom is -0.375 e. The molecule has 1 atom stereocenters. The Balaban J connectivity index is 1.87. The SMILES string of the molecule is Cn1ccc(C(=O)N2CCCCC2c2csc(N)n2)n1. The first-order valence-corrected chi connectivity index (χ1v) is 7.54. The zero-order valence-electron chi connectivity index (χ0n) is 11.3. The van der Waals surface area contributed by atoms with Gasteiger partial charge in [-0.15, -0.1) is 11.3 Å². The summed E-state index contributed by atoms with van der Waals surface area (Å²) < 4.78 is 1.65. The molecule has 20 heavy (non-hydrogen) atoms. The Kier molecular flexibility index (Phi) is 3.43. The first-order chi connectivity index (χ1) is 9.65. The molecule has 2 N–H and O–H groups in total. The normalized spacial score (nSPS) is 19.2. The van der Waals surface area contributed by atoms with E-state index >= 15 is 0 Å². The highest BCUT2D eigenvalue weighted by Gasteiger charge is 2.31. The smallest absolute Gasteiger partial charge is 0.274 e. The number of aryl methyl sites for hydroxylation is 1. The molecule has 7 heteroatoms. The zero-order valence-corrected chi connectivity index (χ0v) is 12.1. The molecular formula is C13H17N5OS. The number of amides is 1. The number of thiazole rings is 1. The number of anilines is 1. The molecule has 0 radical (unpaired) electrons. The number of nitrogens with zero attached hydrogens (tertiary/aromatic N) is 4. The van der Waals surface area contributed by atoms with Crippen molar-refractivity contribution in [3.05, 3.63) is 29.0 Å². The molecule has 1 aliphatic heterocycles. The number of hydrogen-bond donors (Lipinski definition) is 1. The highest BCUT2D eigenvalue weighted by Crippen LogP contribution is 2.32. The van der Waals surface area contributed by atoms with Gasteiger partial charge in [-0.3, -0.25) is 9.48 Å². The summed E-state index contributed by atoms with van der Waals surface area (Å²) in [5.74, 6) is -0.0260. The number of nitrogen functional groups attached to an aromatic ring is 1. The molecule has 0 spiro atoms. The molecule has 1 saturated heterocycles. The van der Waals surface area contributed by atoms with Crippen molar-refractivity contribution in [1.82, 2.24) is 19.7 Å². The molecule has 0 aliphatic carbocycles. The van der Waals surface area contributed by atoms with Gasteiger partial charge in [0, 0.05) is 25.2 Å². The van der Waals surface area contributed by atoms with Gasteiger partial charge in [0.25, 0.3) is 5.91 Å². The predicted molar refractivity (Wildman–Crippen MR) is 77.4 cm³/mol. The average molecular weight is 291 g/mol. The molecule has 0 saturated carbocycles. The van der Waals surface area contributed by atoms with Crippen LogP contribution in [-0.4, -0.2) is 32.1 Å². The van der Waals surface area contributed by atoms with Crippen molar-refractivity contribution in [2.45, 2.75) is 25.3 Å². The van der Waals surface area contributed by atoms with E-state index in [9.17, 15) is 4.79 Å². The van der Waals surface area contributed by atoms with Gasteiger partial charge in [0.1, 0.15) is 5.69 Å². The molecule has 1 fully saturated rings. The lowest BCUT2D eigenvalue weighted by Gasteiger charge is -2.34. The molecule has 1 aliphatic rings. The second-order valence-electron chi connectivity index (χ2n) is 5.00. The van der Waals surface area contributed by atoms with E-state index in [1.807, 2.05) is 17.3 Å². The largest absolute Gasteiger partial charge is 0.375 e. The van der Waals surface area contributed by atoms with Crippen LogP contribution in [0.25, 0.3) is 0 Å². The van der Waals surface area contributed by atoms with Gasteiger partial charge in [-0.05, 0) is 25.3 Å². The molecule has 0 aromatic carbocycles. The number of likely N-dealkylation sites (tertiary alicyclic amines) is 1. The Bertz CT molecular complexity index is 620. The highest BCUT2D eigenvalue weighted by molar-refractivity contribution is 7.13. The number of carbonyl (C=O) groups excluding carboxylic acids is 1. The van der Waals surface area contributed by atoms with Gasteiger partial charge in [-0.25, -0.2) is 4.98 Å². The van der Waals surface area contributed by atoms with Crippen LogP contribution in [0.2, 0.25) is 0 Å². The van der Waals surface area contributed by atoms with E-state index in [0.717, 1.165) is 31.5 Å². The maximum atomic E-state index is 12.6. The van der Waals surface area contributed by atoms with Crippen LogP contribution in [0.1, 0.15) is 41.5 Å². The minimum absolute atomic E-state index is 0.0202. The minimum atomic E-state index is -0.0260. The molecule has 2 aromatic heterocycles. The van der Waals surface area contributed by atoms with E-state index in [1.54, 1.807) is 16.9 Å². The molecule has 1 amide bonds. The van der Waals surface area contributed by atoms with Crippen LogP contribution in [0, 0.1) is 0 Å². The van der Waals surface area contributed by atoms with E-state index in [2.05, 4.69) is 10.1 Å². The van der Waals surface area contributed by atoms with Gasteiger partial charge >= 0.3 is 0 Å². The highest BCUT2D eigenvalue weighted by atomic mass is 32.1. The van der Waals surface area contributed by atoms with Crippen molar-refractivity contribution in [3.63, 3.8) is 0 Å². The van der Waals surface area contributed by atoms with Gasteiger partial charge < -0.3 is 10.6 Å². The second kappa shape index (κ2) is 5.24. The quantitative estimate of drug-likeness (QED) is 0.915. The third kappa shape index (κ3) is 2.40. The third-order valence-corrected chi connectivity index (χ3v) is 4.27. The van der Waals surface area contributed by atoms with Crippen molar-refractivity contribution in [1.29, 1.82) is 0 Å². The molecule has 1 unspecified atom stereocenters. The molecule has 3 heterocycles. The first kappa shape index (κ1) is 13.1. The van der Waals surface area contributed by atoms with Gasteiger partial charge in [0.05, 0.1) is 11.7 Å². The number of carbonyl (C=O) groups is 1. The van der Waals surface area contributed by atoms with Crippen LogP contribution in [-0.2, 0) is 7.05 Å². The van der Waals surface area contributed by atoms with Crippen LogP contribution in [0.4, 0.5) is 5.13 Å². The van der Waals surface area contributed by atoms with Crippen molar-refractivity contribution in [2.24, 2.45) is 7.05 Å². The maximum Gasteiger partial charge on any atom is 0.274 e. The molecule has 0 bridgehead atoms. The molecule has 2 aromatic rings. The zero-order chi connectivity index (χ0) is 14.1. The fourth-order valence-corrected chi connectivity index (χ4v) is 3.22. The number of aromatic nitrogens is 3. The second-order valence-corrected chi connectivity index (χ2v) is 5.89. The van der Waals surface area contributed by atoms with E-state index in [-0.39, 0.29) is 11.9 Å². The lowest BCUT2D eigenvalue weighted by molar-refractivity contribution is 0.0600. The molecular weight excluding hydrogens is 274 g/mol. The summed E-state index contributed by atoms with van der Waals surface area (Å²) in [6, 6.07) is 1.77. The summed E-state index contributed by atoms with van der Waals surface area (Å²) in [6.07, 6.45) is 4.84. The first-order valence-electron chi connectivity index (χ1n) is 6.66. The van der Waals surface area contributed by atoms with Crippen LogP contribution in [0.5, 0.6) is 0 Å². The van der Waals surface area contributed by atoms with E-state index in [1.165, 1.54) is 11.3 Å². The molecule has 3 rings (SSSR count). The van der Waals surface area contributed by atoms with Crippen molar-refractivity contribution in [3.8, 4) is 0 Å². The van der Waals surface area contributed by atoms with Crippen molar-refractivity contribution in [2.75, 3.05) is 12.3 Å². The summed E-state index contributed by atoms with van der Waals surface area (Å²) in [5, 5.41) is 6.70. The summed E-state index contributed by atoms with van der Waals surface area (Å²) in [7, 11) is 1.81. The predicted octanol–water partition coefficient (Wildman–Crippen LogP) is 1.83. The van der Waals surface area contributed by atoms with Crippen LogP contribution < -0.4 is 5.73 Å². The molecule has 106 valence electrons. The Morgan fingerprint density at radius 2 is 2.35 bits per heavy atom. The van der Waals surface area contributed by atoms with Crippen molar-refractivity contribution < 1.29 is 4.79 Å². The van der Waals surface area contributed by atoms with Crippen LogP contribution >= 0.6 is 11.3 Å². The summed E-state index contributed by atoms with van der Waals surface area (Å²) >= 11 is 1.42. The summed E-state index contributed by atoms with van der Waals surface area (Å²) in [4.78, 5) is 18.8. The molecule has 6 nitrogen and oxygen atoms in total. The standard InChI is InChI=1S/C13H17N5OS/c1-17-7-5-9(16-17)12(19)18-6-3-2-4-11(18)10-8-20-13(14)15-10/h5,7-8,11H,2-4,6H2,1H3,(H2,14,15). The van der Waals surface area contributed by atoms with Gasteiger partial charge in [-0.1, -0.05) is 0 Å². The van der Waals surface area contributed by atoms with Crippen LogP contribution in [0.15, 0.2) is 17.6 Å². The Morgan fingerprint density at radius 1 is 1.50 bits per heavy atom. The Hall–Kier alpha value is -1.89. The van der Waals surface area contributed by atoms with Crippen LogP contribution in [0.3, 0.4) is 0 Å². The summed E-state index contributed by atoms with van der Waals surface area (Å²) in [6.45, 7) is 0.748. The maximum absolute atomic E-state index is 12.6.